The summed E-state index contributed by atoms with van der Waals surface area (Å²) in [6, 6.07) is 11.9. The summed E-state index contributed by atoms with van der Waals surface area (Å²) in [5, 5.41) is 12.4. The molecule has 7 heteroatoms. The number of benzene rings is 2. The zero-order chi connectivity index (χ0) is 21.4. The van der Waals surface area contributed by atoms with Crippen LogP contribution in [0.25, 0.3) is 11.4 Å². The van der Waals surface area contributed by atoms with Crippen LogP contribution < -0.4 is 5.32 Å². The van der Waals surface area contributed by atoms with Crippen LogP contribution >= 0.6 is 0 Å². The van der Waals surface area contributed by atoms with Crippen LogP contribution in [0.5, 0.6) is 0 Å². The van der Waals surface area contributed by atoms with Gasteiger partial charge in [0, 0.05) is 42.3 Å². The van der Waals surface area contributed by atoms with Crippen molar-refractivity contribution in [3.63, 3.8) is 0 Å². The highest BCUT2D eigenvalue weighted by atomic mass is 19.1. The molecule has 0 saturated carbocycles. The topological polar surface area (TPSA) is 47.7 Å². The van der Waals surface area contributed by atoms with Crippen LogP contribution in [0.4, 0.5) is 8.78 Å². The van der Waals surface area contributed by atoms with Gasteiger partial charge in [-0.05, 0) is 67.6 Å². The maximum absolute atomic E-state index is 13.7. The lowest BCUT2D eigenvalue weighted by Gasteiger charge is -2.25. The van der Waals surface area contributed by atoms with Crippen molar-refractivity contribution in [1.29, 1.82) is 0 Å². The van der Waals surface area contributed by atoms with E-state index in [4.69, 9.17) is 0 Å². The SMILES string of the molecule is Cc1cc(-n2cccn2)ccc1CN[C@H]1CCCc2c1cnn2-c1cc(F)cc(F)c1. The minimum Gasteiger partial charge on any atom is -0.306 e. The average molecular weight is 419 g/mol. The summed E-state index contributed by atoms with van der Waals surface area (Å²) >= 11 is 0. The fourth-order valence-electron chi connectivity index (χ4n) is 4.33. The van der Waals surface area contributed by atoms with E-state index in [2.05, 4.69) is 40.6 Å². The Morgan fingerprint density at radius 2 is 1.90 bits per heavy atom. The number of halogens is 2. The summed E-state index contributed by atoms with van der Waals surface area (Å²) < 4.78 is 30.9. The average Bonchev–Trinajstić information content (AvgIpc) is 3.42. The molecule has 0 saturated heterocycles. The van der Waals surface area contributed by atoms with E-state index in [1.54, 1.807) is 10.9 Å². The van der Waals surface area contributed by atoms with Crippen LogP contribution in [0.1, 0.15) is 41.3 Å². The van der Waals surface area contributed by atoms with Gasteiger partial charge in [-0.1, -0.05) is 6.07 Å². The summed E-state index contributed by atoms with van der Waals surface area (Å²) in [7, 11) is 0. The molecule has 2 heterocycles. The minimum atomic E-state index is -0.598. The maximum atomic E-state index is 13.7. The van der Waals surface area contributed by atoms with Crippen molar-refractivity contribution in [3.8, 4) is 11.4 Å². The number of nitrogens with one attached hydrogen (secondary N) is 1. The normalized spacial score (nSPS) is 15.8. The number of rotatable bonds is 5. The maximum Gasteiger partial charge on any atom is 0.128 e. The Bertz CT molecular complexity index is 1190. The van der Waals surface area contributed by atoms with Crippen molar-refractivity contribution < 1.29 is 8.78 Å². The van der Waals surface area contributed by atoms with Crippen LogP contribution in [0.15, 0.2) is 61.1 Å². The Morgan fingerprint density at radius 1 is 1.06 bits per heavy atom. The van der Waals surface area contributed by atoms with Gasteiger partial charge in [0.25, 0.3) is 0 Å². The minimum absolute atomic E-state index is 0.154. The van der Waals surface area contributed by atoms with Crippen molar-refractivity contribution in [2.75, 3.05) is 0 Å². The van der Waals surface area contributed by atoms with Crippen LogP contribution in [-0.4, -0.2) is 19.6 Å². The third kappa shape index (κ3) is 3.88. The Labute approximate surface area is 179 Å². The molecular formula is C24H23F2N5. The summed E-state index contributed by atoms with van der Waals surface area (Å²) in [6.45, 7) is 2.84. The number of hydrogen-bond acceptors (Lipinski definition) is 3. The van der Waals surface area contributed by atoms with Crippen LogP contribution in [0, 0.1) is 18.6 Å². The monoisotopic (exact) mass is 419 g/mol. The number of hydrogen-bond donors (Lipinski definition) is 1. The van der Waals surface area contributed by atoms with Gasteiger partial charge in [-0.25, -0.2) is 18.1 Å². The first kappa shape index (κ1) is 19.6. The number of nitrogens with zero attached hydrogens (tertiary/aromatic N) is 4. The molecule has 5 rings (SSSR count). The first-order valence-corrected chi connectivity index (χ1v) is 10.4. The zero-order valence-corrected chi connectivity index (χ0v) is 17.2. The third-order valence-electron chi connectivity index (χ3n) is 5.91. The fourth-order valence-corrected chi connectivity index (χ4v) is 4.33. The Morgan fingerprint density at radius 3 is 2.65 bits per heavy atom. The molecule has 0 fully saturated rings. The number of aromatic nitrogens is 4. The molecule has 2 aromatic heterocycles. The first-order chi connectivity index (χ1) is 15.1. The molecule has 0 amide bonds. The lowest BCUT2D eigenvalue weighted by atomic mass is 9.92. The molecule has 0 bridgehead atoms. The second kappa shape index (κ2) is 8.07. The highest BCUT2D eigenvalue weighted by molar-refractivity contribution is 5.40. The van der Waals surface area contributed by atoms with Gasteiger partial charge in [0.2, 0.25) is 0 Å². The molecule has 4 aromatic rings. The lowest BCUT2D eigenvalue weighted by Crippen LogP contribution is -2.25. The van der Waals surface area contributed by atoms with Gasteiger partial charge in [-0.2, -0.15) is 10.2 Å². The van der Waals surface area contributed by atoms with Crippen molar-refractivity contribution in [2.45, 2.75) is 38.8 Å². The predicted octanol–water partition coefficient (Wildman–Crippen LogP) is 4.81. The van der Waals surface area contributed by atoms with E-state index in [1.807, 2.05) is 23.1 Å². The van der Waals surface area contributed by atoms with E-state index in [0.717, 1.165) is 48.8 Å². The van der Waals surface area contributed by atoms with Crippen LogP contribution in [-0.2, 0) is 13.0 Å². The van der Waals surface area contributed by atoms with Crippen molar-refractivity contribution in [1.82, 2.24) is 24.9 Å². The van der Waals surface area contributed by atoms with Crippen LogP contribution in [0.3, 0.4) is 0 Å². The molecule has 158 valence electrons. The summed E-state index contributed by atoms with van der Waals surface area (Å²) in [5.41, 5.74) is 5.99. The van der Waals surface area contributed by atoms with E-state index in [1.165, 1.54) is 23.3 Å². The van der Waals surface area contributed by atoms with E-state index >= 15 is 0 Å². The quantitative estimate of drug-likeness (QED) is 0.505. The Kier molecular flexibility index (Phi) is 5.11. The molecule has 0 spiro atoms. The molecule has 2 aromatic carbocycles. The van der Waals surface area contributed by atoms with Gasteiger partial charge in [0.15, 0.2) is 0 Å². The fraction of sp³-hybridized carbons (Fsp3) is 0.250. The van der Waals surface area contributed by atoms with Gasteiger partial charge in [0.05, 0.1) is 17.6 Å². The molecule has 31 heavy (non-hydrogen) atoms. The number of aryl methyl sites for hydroxylation is 1. The molecule has 1 atom stereocenters. The van der Waals surface area contributed by atoms with Crippen molar-refractivity contribution in [3.05, 3.63) is 95.1 Å². The molecule has 1 N–H and O–H groups in total. The van der Waals surface area contributed by atoms with Gasteiger partial charge < -0.3 is 5.32 Å². The lowest BCUT2D eigenvalue weighted by molar-refractivity contribution is 0.454. The summed E-state index contributed by atoms with van der Waals surface area (Å²) in [4.78, 5) is 0. The third-order valence-corrected chi connectivity index (χ3v) is 5.91. The summed E-state index contributed by atoms with van der Waals surface area (Å²) in [6.07, 6.45) is 8.35. The van der Waals surface area contributed by atoms with Gasteiger partial charge in [0.1, 0.15) is 11.6 Å². The molecule has 0 unspecified atom stereocenters. The second-order valence-corrected chi connectivity index (χ2v) is 7.97. The van der Waals surface area contributed by atoms with Crippen LogP contribution in [0.2, 0.25) is 0 Å². The molecule has 0 aliphatic heterocycles. The first-order valence-electron chi connectivity index (χ1n) is 10.4. The largest absolute Gasteiger partial charge is 0.306 e. The van der Waals surface area contributed by atoms with E-state index in [0.29, 0.717) is 5.69 Å². The molecule has 0 radical (unpaired) electrons. The Hall–Kier alpha value is -3.32. The standard InChI is InChI=1S/C24H23F2N5/c1-16-10-20(30-9-3-8-28-30)7-6-17(16)14-27-23-4-2-5-24-22(23)15-29-31(24)21-12-18(25)11-19(26)13-21/h3,6-13,15,23,27H,2,4-5,14H2,1H3/t23-/m0/s1. The molecule has 1 aliphatic rings. The van der Waals surface area contributed by atoms with E-state index < -0.39 is 11.6 Å². The van der Waals surface area contributed by atoms with Gasteiger partial charge in [-0.3, -0.25) is 0 Å². The molecule has 1 aliphatic carbocycles. The molecular weight excluding hydrogens is 396 g/mol. The highest BCUT2D eigenvalue weighted by Gasteiger charge is 2.25. The van der Waals surface area contributed by atoms with E-state index in [-0.39, 0.29) is 6.04 Å². The zero-order valence-electron chi connectivity index (χ0n) is 17.2. The Balaban J connectivity index is 1.35. The highest BCUT2D eigenvalue weighted by Crippen LogP contribution is 2.32. The number of fused-ring (bicyclic) bond motifs is 1. The van der Waals surface area contributed by atoms with E-state index in [9.17, 15) is 8.78 Å². The van der Waals surface area contributed by atoms with Crippen molar-refractivity contribution >= 4 is 0 Å². The predicted molar refractivity (Wildman–Crippen MR) is 114 cm³/mol. The second-order valence-electron chi connectivity index (χ2n) is 7.97. The summed E-state index contributed by atoms with van der Waals surface area (Å²) in [5.74, 6) is -1.20. The molecule has 5 nitrogen and oxygen atoms in total. The smallest absolute Gasteiger partial charge is 0.128 e. The van der Waals surface area contributed by atoms with Gasteiger partial charge >= 0.3 is 0 Å². The van der Waals surface area contributed by atoms with Gasteiger partial charge in [-0.15, -0.1) is 0 Å². The van der Waals surface area contributed by atoms with Crippen molar-refractivity contribution in [2.24, 2.45) is 0 Å².